The predicted molar refractivity (Wildman–Crippen MR) is 65.2 cm³/mol. The maximum atomic E-state index is 5.13. The Morgan fingerprint density at radius 1 is 1.29 bits per heavy atom. The van der Waals surface area contributed by atoms with E-state index in [4.69, 9.17) is 4.42 Å². The topological polar surface area (TPSA) is 26.0 Å². The summed E-state index contributed by atoms with van der Waals surface area (Å²) >= 11 is 3.90. The number of oxazole rings is 1. The number of benzene rings is 1. The largest absolute Gasteiger partial charge is 0.440 e. The Bertz CT molecular complexity index is 385. The van der Waals surface area contributed by atoms with E-state index in [2.05, 4.69) is 51.8 Å². The lowest BCUT2D eigenvalue weighted by atomic mass is 10.2. The summed E-state index contributed by atoms with van der Waals surface area (Å²) in [6, 6.07) is 8.45. The second-order valence-electron chi connectivity index (χ2n) is 2.71. The first-order chi connectivity index (χ1) is 6.84. The SMILES string of the molecule is Ic1ccc(CSc2ncco2)cc1. The molecule has 14 heavy (non-hydrogen) atoms. The van der Waals surface area contributed by atoms with Crippen molar-refractivity contribution in [2.24, 2.45) is 0 Å². The smallest absolute Gasteiger partial charge is 0.255 e. The minimum Gasteiger partial charge on any atom is -0.440 e. The molecule has 1 aromatic carbocycles. The number of hydrogen-bond donors (Lipinski definition) is 0. The van der Waals surface area contributed by atoms with Gasteiger partial charge in [0.15, 0.2) is 0 Å². The molecular weight excluding hydrogens is 309 g/mol. The summed E-state index contributed by atoms with van der Waals surface area (Å²) in [6.07, 6.45) is 3.26. The maximum Gasteiger partial charge on any atom is 0.255 e. The van der Waals surface area contributed by atoms with Gasteiger partial charge in [-0.05, 0) is 40.3 Å². The molecule has 0 aliphatic heterocycles. The highest BCUT2D eigenvalue weighted by Gasteiger charge is 1.99. The monoisotopic (exact) mass is 317 g/mol. The van der Waals surface area contributed by atoms with Crippen molar-refractivity contribution in [3.8, 4) is 0 Å². The van der Waals surface area contributed by atoms with Crippen LogP contribution in [0.5, 0.6) is 0 Å². The molecule has 0 fully saturated rings. The highest BCUT2D eigenvalue weighted by atomic mass is 127. The zero-order valence-corrected chi connectivity index (χ0v) is 10.3. The van der Waals surface area contributed by atoms with Gasteiger partial charge in [0.05, 0.1) is 6.20 Å². The van der Waals surface area contributed by atoms with Gasteiger partial charge < -0.3 is 4.42 Å². The van der Waals surface area contributed by atoms with Gasteiger partial charge in [-0.2, -0.15) is 0 Å². The van der Waals surface area contributed by atoms with Crippen LogP contribution in [0, 0.1) is 3.57 Å². The third-order valence-corrected chi connectivity index (χ3v) is 3.33. The minimum absolute atomic E-state index is 0.726. The van der Waals surface area contributed by atoms with Gasteiger partial charge in [0.1, 0.15) is 6.26 Å². The summed E-state index contributed by atoms with van der Waals surface area (Å²) < 4.78 is 6.39. The number of aromatic nitrogens is 1. The van der Waals surface area contributed by atoms with Crippen molar-refractivity contribution in [3.05, 3.63) is 45.9 Å². The lowest BCUT2D eigenvalue weighted by Crippen LogP contribution is -1.80. The molecule has 1 aromatic heterocycles. The normalized spacial score (nSPS) is 10.4. The molecule has 0 aliphatic rings. The van der Waals surface area contributed by atoms with Gasteiger partial charge >= 0.3 is 0 Å². The minimum atomic E-state index is 0.726. The van der Waals surface area contributed by atoms with Crippen molar-refractivity contribution in [2.45, 2.75) is 11.0 Å². The Balaban J connectivity index is 1.95. The molecule has 4 heteroatoms. The van der Waals surface area contributed by atoms with E-state index in [-0.39, 0.29) is 0 Å². The van der Waals surface area contributed by atoms with Crippen molar-refractivity contribution >= 4 is 34.4 Å². The van der Waals surface area contributed by atoms with Crippen LogP contribution in [-0.2, 0) is 5.75 Å². The van der Waals surface area contributed by atoms with Crippen LogP contribution in [0.3, 0.4) is 0 Å². The van der Waals surface area contributed by atoms with E-state index in [1.165, 1.54) is 9.13 Å². The molecule has 0 N–H and O–H groups in total. The molecule has 0 unspecified atom stereocenters. The molecular formula is C10H8INOS. The Morgan fingerprint density at radius 2 is 2.07 bits per heavy atom. The van der Waals surface area contributed by atoms with Crippen LogP contribution >= 0.6 is 34.4 Å². The van der Waals surface area contributed by atoms with Gasteiger partial charge in [-0.1, -0.05) is 23.9 Å². The average molecular weight is 317 g/mol. The van der Waals surface area contributed by atoms with Crippen LogP contribution in [0.1, 0.15) is 5.56 Å². The van der Waals surface area contributed by atoms with E-state index in [0.717, 1.165) is 11.0 Å². The van der Waals surface area contributed by atoms with Gasteiger partial charge in [-0.25, -0.2) is 4.98 Å². The average Bonchev–Trinajstić information content (AvgIpc) is 2.70. The number of nitrogens with zero attached hydrogens (tertiary/aromatic N) is 1. The van der Waals surface area contributed by atoms with E-state index >= 15 is 0 Å². The van der Waals surface area contributed by atoms with Crippen molar-refractivity contribution in [1.82, 2.24) is 4.98 Å². The molecule has 0 radical (unpaired) electrons. The standard InChI is InChI=1S/C10H8INOS/c11-9-3-1-8(2-4-9)7-14-10-12-5-6-13-10/h1-6H,7H2. The summed E-state index contributed by atoms with van der Waals surface area (Å²) in [5.74, 6) is 0.900. The number of rotatable bonds is 3. The molecule has 2 rings (SSSR count). The highest BCUT2D eigenvalue weighted by molar-refractivity contribution is 14.1. The molecule has 0 aliphatic carbocycles. The Hall–Kier alpha value is -0.490. The molecule has 2 nitrogen and oxygen atoms in total. The van der Waals surface area contributed by atoms with E-state index < -0.39 is 0 Å². The third-order valence-electron chi connectivity index (χ3n) is 1.69. The predicted octanol–water partition coefficient (Wildman–Crippen LogP) is 3.57. The first kappa shape index (κ1) is 10.0. The zero-order valence-electron chi connectivity index (χ0n) is 7.31. The summed E-state index contributed by atoms with van der Waals surface area (Å²) in [5, 5.41) is 0.726. The molecule has 1 heterocycles. The van der Waals surface area contributed by atoms with Crippen molar-refractivity contribution in [2.75, 3.05) is 0 Å². The lowest BCUT2D eigenvalue weighted by molar-refractivity contribution is 0.454. The van der Waals surface area contributed by atoms with Crippen LogP contribution < -0.4 is 0 Å². The second kappa shape index (κ2) is 4.84. The van der Waals surface area contributed by atoms with Crippen LogP contribution in [0.4, 0.5) is 0 Å². The van der Waals surface area contributed by atoms with Gasteiger partial charge in [-0.15, -0.1) is 0 Å². The van der Waals surface area contributed by atoms with Gasteiger partial charge in [0.25, 0.3) is 5.22 Å². The quantitative estimate of drug-likeness (QED) is 0.639. The van der Waals surface area contributed by atoms with E-state index in [9.17, 15) is 0 Å². The van der Waals surface area contributed by atoms with Gasteiger partial charge in [-0.3, -0.25) is 0 Å². The Morgan fingerprint density at radius 3 is 2.71 bits per heavy atom. The fraction of sp³-hybridized carbons (Fsp3) is 0.100. The number of hydrogen-bond acceptors (Lipinski definition) is 3. The number of halogens is 1. The molecule has 2 aromatic rings. The Kier molecular flexibility index (Phi) is 3.47. The number of thioether (sulfide) groups is 1. The first-order valence-corrected chi connectivity index (χ1v) is 6.18. The zero-order chi connectivity index (χ0) is 9.80. The molecule has 0 saturated carbocycles. The van der Waals surface area contributed by atoms with Crippen LogP contribution in [0.2, 0.25) is 0 Å². The van der Waals surface area contributed by atoms with E-state index in [0.29, 0.717) is 0 Å². The van der Waals surface area contributed by atoms with Crippen LogP contribution in [0.15, 0.2) is 46.4 Å². The van der Waals surface area contributed by atoms with Crippen molar-refractivity contribution in [1.29, 1.82) is 0 Å². The van der Waals surface area contributed by atoms with Crippen molar-refractivity contribution in [3.63, 3.8) is 0 Å². The molecule has 0 spiro atoms. The summed E-state index contributed by atoms with van der Waals surface area (Å²) in [4.78, 5) is 4.04. The summed E-state index contributed by atoms with van der Waals surface area (Å²) in [5.41, 5.74) is 1.29. The third kappa shape index (κ3) is 2.75. The molecule has 72 valence electrons. The van der Waals surface area contributed by atoms with Gasteiger partial charge in [0, 0.05) is 9.32 Å². The maximum absolute atomic E-state index is 5.13. The van der Waals surface area contributed by atoms with E-state index in [1.54, 1.807) is 24.2 Å². The van der Waals surface area contributed by atoms with E-state index in [1.807, 2.05) is 0 Å². The molecule has 0 amide bonds. The first-order valence-electron chi connectivity index (χ1n) is 4.11. The summed E-state index contributed by atoms with van der Waals surface area (Å²) in [7, 11) is 0. The fourth-order valence-electron chi connectivity index (χ4n) is 1.01. The summed E-state index contributed by atoms with van der Waals surface area (Å²) in [6.45, 7) is 0. The van der Waals surface area contributed by atoms with Crippen LogP contribution in [-0.4, -0.2) is 4.98 Å². The van der Waals surface area contributed by atoms with Crippen LogP contribution in [0.25, 0.3) is 0 Å². The molecule has 0 atom stereocenters. The highest BCUT2D eigenvalue weighted by Crippen LogP contribution is 2.20. The lowest BCUT2D eigenvalue weighted by Gasteiger charge is -1.98. The molecule has 0 bridgehead atoms. The fourth-order valence-corrected chi connectivity index (χ4v) is 2.11. The molecule has 0 saturated heterocycles. The van der Waals surface area contributed by atoms with Gasteiger partial charge in [0.2, 0.25) is 0 Å². The van der Waals surface area contributed by atoms with Crippen molar-refractivity contribution < 1.29 is 4.42 Å². The Labute approximate surface area is 100 Å². The second-order valence-corrected chi connectivity index (χ2v) is 4.89.